The van der Waals surface area contributed by atoms with Crippen molar-refractivity contribution >= 4 is 38.3 Å². The van der Waals surface area contributed by atoms with Crippen LogP contribution in [0.25, 0.3) is 27.8 Å². The number of ether oxygens (including phenoxy) is 1. The summed E-state index contributed by atoms with van der Waals surface area (Å²) in [5.41, 5.74) is 6.05. The van der Waals surface area contributed by atoms with Gasteiger partial charge in [-0.25, -0.2) is 22.8 Å². The smallest absolute Gasteiger partial charge is 0.283 e. The molecule has 0 saturated carbocycles. The van der Waals surface area contributed by atoms with Crippen LogP contribution in [-0.4, -0.2) is 74.7 Å². The molecule has 1 N–H and O–H groups in total. The number of nitrogens with one attached hydrogen (secondary N) is 1. The molecular weight excluding hydrogens is 540 g/mol. The largest absolute Gasteiger partial charge is 0.378 e. The molecule has 41 heavy (non-hydrogen) atoms. The van der Waals surface area contributed by atoms with E-state index < -0.39 is 15.9 Å². The highest BCUT2D eigenvalue weighted by Gasteiger charge is 2.25. The summed E-state index contributed by atoms with van der Waals surface area (Å²) in [5, 5.41) is 5.86. The number of hydrogen-bond acceptors (Lipinski definition) is 8. The number of rotatable bonds is 7. The molecule has 0 aliphatic carbocycles. The number of nitrogens with zero attached hydrogens (tertiary/aromatic N) is 5. The van der Waals surface area contributed by atoms with Crippen LogP contribution >= 0.6 is 0 Å². The summed E-state index contributed by atoms with van der Waals surface area (Å²) in [6.45, 7) is 9.24. The molecule has 2 aliphatic rings. The lowest BCUT2D eigenvalue weighted by Gasteiger charge is -2.33. The summed E-state index contributed by atoms with van der Waals surface area (Å²) in [5.74, 6) is -0.713. The number of pyridine rings is 1. The second-order valence-electron chi connectivity index (χ2n) is 10.9. The van der Waals surface area contributed by atoms with Gasteiger partial charge in [0.15, 0.2) is 5.65 Å². The Bertz CT molecular complexity index is 1710. The van der Waals surface area contributed by atoms with Gasteiger partial charge in [-0.3, -0.25) is 4.79 Å². The Hall–Kier alpha value is -3.96. The van der Waals surface area contributed by atoms with Crippen molar-refractivity contribution in [2.75, 3.05) is 55.4 Å². The lowest BCUT2D eigenvalue weighted by Crippen LogP contribution is -2.36. The van der Waals surface area contributed by atoms with Crippen molar-refractivity contribution in [2.45, 2.75) is 26.2 Å². The van der Waals surface area contributed by atoms with E-state index in [1.54, 1.807) is 10.7 Å². The van der Waals surface area contributed by atoms with Crippen molar-refractivity contribution in [3.63, 3.8) is 0 Å². The van der Waals surface area contributed by atoms with Crippen LogP contribution in [0.1, 0.15) is 42.4 Å². The van der Waals surface area contributed by atoms with Crippen LogP contribution in [0.3, 0.4) is 0 Å². The first kappa shape index (κ1) is 27.2. The van der Waals surface area contributed by atoms with Gasteiger partial charge in [0.1, 0.15) is 5.69 Å². The summed E-state index contributed by atoms with van der Waals surface area (Å²) in [7, 11) is -3.79. The molecule has 10 nitrogen and oxygen atoms in total. The molecule has 1 amide bonds. The van der Waals surface area contributed by atoms with Gasteiger partial charge in [0.2, 0.25) is 10.0 Å². The van der Waals surface area contributed by atoms with Crippen molar-refractivity contribution in [2.24, 2.45) is 0 Å². The first-order valence-electron chi connectivity index (χ1n) is 13.9. The average Bonchev–Trinajstić information content (AvgIpc) is 3.32. The fourth-order valence-corrected chi connectivity index (χ4v) is 5.80. The average molecular weight is 575 g/mol. The Balaban J connectivity index is 1.54. The number of carbonyl (C=O) groups excluding carboxylic acids is 1. The minimum atomic E-state index is -3.79. The van der Waals surface area contributed by atoms with Gasteiger partial charge in [0, 0.05) is 37.6 Å². The number of benzene rings is 2. The van der Waals surface area contributed by atoms with Crippen molar-refractivity contribution in [3.05, 3.63) is 66.0 Å². The third-order valence-corrected chi connectivity index (χ3v) is 8.13. The third kappa shape index (κ3) is 5.51. The van der Waals surface area contributed by atoms with Crippen LogP contribution in [0, 0.1) is 0 Å². The standard InChI is InChI=1S/C30H34N6O4S/c1-20(2)28-27-25(21-8-10-22(11-9-21)35-14-16-40-17-15-35)19-26(30(37)33-41(3,38)39)31-29(27)36(32-28)24-7-4-6-23(18-24)34-12-5-13-34/h4,6-11,18-20H,5,12-17H2,1-3H3,(H,33,37). The summed E-state index contributed by atoms with van der Waals surface area (Å²) in [6, 6.07) is 18.0. The number of carbonyl (C=O) groups is 1. The first-order chi connectivity index (χ1) is 19.7. The van der Waals surface area contributed by atoms with E-state index in [-0.39, 0.29) is 11.6 Å². The number of sulfonamides is 1. The molecule has 4 aromatic rings. The number of fused-ring (bicyclic) bond motifs is 1. The summed E-state index contributed by atoms with van der Waals surface area (Å²) < 4.78 is 33.2. The predicted molar refractivity (Wildman–Crippen MR) is 161 cm³/mol. The van der Waals surface area contributed by atoms with Gasteiger partial charge in [-0.05, 0) is 59.9 Å². The molecule has 0 spiro atoms. The Morgan fingerprint density at radius 3 is 2.24 bits per heavy atom. The third-order valence-electron chi connectivity index (χ3n) is 7.57. The van der Waals surface area contributed by atoms with Gasteiger partial charge in [-0.2, -0.15) is 5.10 Å². The van der Waals surface area contributed by atoms with Gasteiger partial charge in [-0.15, -0.1) is 0 Å². The zero-order chi connectivity index (χ0) is 28.7. The maximum absolute atomic E-state index is 13.1. The number of hydrogen-bond donors (Lipinski definition) is 1. The van der Waals surface area contributed by atoms with E-state index in [2.05, 4.69) is 52.6 Å². The first-order valence-corrected chi connectivity index (χ1v) is 15.8. The zero-order valence-electron chi connectivity index (χ0n) is 23.5. The van der Waals surface area contributed by atoms with E-state index >= 15 is 0 Å². The lowest BCUT2D eigenvalue weighted by atomic mass is 9.97. The van der Waals surface area contributed by atoms with Crippen LogP contribution in [0.5, 0.6) is 0 Å². The van der Waals surface area contributed by atoms with E-state index in [0.717, 1.165) is 71.7 Å². The fourth-order valence-electron chi connectivity index (χ4n) is 5.36. The molecule has 2 aliphatic heterocycles. The molecule has 2 saturated heterocycles. The molecule has 2 fully saturated rings. The molecule has 2 aromatic carbocycles. The highest BCUT2D eigenvalue weighted by Crippen LogP contribution is 2.37. The number of amides is 1. The molecule has 11 heteroatoms. The maximum Gasteiger partial charge on any atom is 0.283 e. The Labute approximate surface area is 240 Å². The van der Waals surface area contributed by atoms with E-state index in [4.69, 9.17) is 14.8 Å². The van der Waals surface area contributed by atoms with Crippen molar-refractivity contribution < 1.29 is 17.9 Å². The van der Waals surface area contributed by atoms with Crippen LogP contribution in [0.4, 0.5) is 11.4 Å². The normalized spacial score (nSPS) is 15.8. The lowest BCUT2D eigenvalue weighted by molar-refractivity contribution is 0.0977. The second kappa shape index (κ2) is 10.8. The van der Waals surface area contributed by atoms with E-state index in [0.29, 0.717) is 18.9 Å². The Morgan fingerprint density at radius 2 is 1.61 bits per heavy atom. The molecular formula is C30H34N6O4S. The highest BCUT2D eigenvalue weighted by atomic mass is 32.2. The van der Waals surface area contributed by atoms with Crippen LogP contribution in [0.2, 0.25) is 0 Å². The van der Waals surface area contributed by atoms with Gasteiger partial charge < -0.3 is 14.5 Å². The monoisotopic (exact) mass is 574 g/mol. The number of aromatic nitrogens is 3. The molecule has 2 aromatic heterocycles. The van der Waals surface area contributed by atoms with E-state index in [1.165, 1.54) is 6.42 Å². The maximum atomic E-state index is 13.1. The van der Waals surface area contributed by atoms with E-state index in [9.17, 15) is 13.2 Å². The highest BCUT2D eigenvalue weighted by molar-refractivity contribution is 7.89. The van der Waals surface area contributed by atoms with E-state index in [1.807, 2.05) is 24.3 Å². The number of morpholine rings is 1. The summed E-state index contributed by atoms with van der Waals surface area (Å²) in [6.07, 6.45) is 2.12. The SMILES string of the molecule is CC(C)c1nn(-c2cccc(N3CCC3)c2)c2nc(C(=O)NS(C)(=O)=O)cc(-c3ccc(N4CCOCC4)cc3)c12. The Morgan fingerprint density at radius 1 is 0.927 bits per heavy atom. The number of anilines is 2. The predicted octanol–water partition coefficient (Wildman–Crippen LogP) is 3.95. The summed E-state index contributed by atoms with van der Waals surface area (Å²) >= 11 is 0. The van der Waals surface area contributed by atoms with Crippen molar-refractivity contribution in [3.8, 4) is 16.8 Å². The van der Waals surface area contributed by atoms with Gasteiger partial charge in [0.25, 0.3) is 5.91 Å². The van der Waals surface area contributed by atoms with Crippen molar-refractivity contribution in [1.29, 1.82) is 0 Å². The van der Waals surface area contributed by atoms with Crippen LogP contribution in [-0.2, 0) is 14.8 Å². The van der Waals surface area contributed by atoms with Gasteiger partial charge in [0.05, 0.1) is 36.2 Å². The summed E-state index contributed by atoms with van der Waals surface area (Å²) in [4.78, 5) is 22.4. The van der Waals surface area contributed by atoms with Crippen LogP contribution < -0.4 is 14.5 Å². The minimum Gasteiger partial charge on any atom is -0.378 e. The minimum absolute atomic E-state index is 0.00512. The molecule has 0 unspecified atom stereocenters. The zero-order valence-corrected chi connectivity index (χ0v) is 24.3. The Kier molecular flexibility index (Phi) is 7.16. The topological polar surface area (TPSA) is 110 Å². The van der Waals surface area contributed by atoms with Crippen molar-refractivity contribution in [1.82, 2.24) is 19.5 Å². The van der Waals surface area contributed by atoms with Gasteiger partial charge >= 0.3 is 0 Å². The molecule has 4 heterocycles. The van der Waals surface area contributed by atoms with Crippen LogP contribution in [0.15, 0.2) is 54.6 Å². The van der Waals surface area contributed by atoms with Gasteiger partial charge in [-0.1, -0.05) is 32.0 Å². The molecule has 214 valence electrons. The quantitative estimate of drug-likeness (QED) is 0.354. The molecule has 0 bridgehead atoms. The molecule has 0 radical (unpaired) electrons. The fraction of sp³-hybridized carbons (Fsp3) is 0.367. The molecule has 0 atom stereocenters. The second-order valence-corrected chi connectivity index (χ2v) is 12.7. The molecule has 6 rings (SSSR count).